The van der Waals surface area contributed by atoms with E-state index in [1.807, 2.05) is 19.2 Å². The van der Waals surface area contributed by atoms with Crippen LogP contribution in [0, 0.1) is 20.8 Å². The maximum atomic E-state index is 11.8. The molecule has 25 heavy (non-hydrogen) atoms. The Morgan fingerprint density at radius 3 is 2.60 bits per heavy atom. The summed E-state index contributed by atoms with van der Waals surface area (Å²) in [5.74, 6) is 0.332. The van der Waals surface area contributed by atoms with E-state index in [0.29, 0.717) is 11.6 Å². The first-order chi connectivity index (χ1) is 11.4. The molecular weight excluding hydrogens is 370 g/mol. The molecule has 0 aliphatic heterocycles. The van der Waals surface area contributed by atoms with Gasteiger partial charge >= 0.3 is 6.03 Å². The van der Waals surface area contributed by atoms with Crippen LogP contribution in [0.15, 0.2) is 11.4 Å². The first-order valence-electron chi connectivity index (χ1n) is 6.76. The number of methoxy groups -OCH3 is 1. The molecule has 5 N–H and O–H groups in total. The number of urea groups is 1. The molecular formula is C13H19N5O5S2. The lowest BCUT2D eigenvalue weighted by Crippen LogP contribution is -2.33. The molecule has 0 fully saturated rings. The number of ether oxygens (including phenoxy) is 1. The fraction of sp³-hybridized carbons (Fsp3) is 0.308. The SMILES string of the molecule is COc1cc(C)nc(NC(=O)NS(=O)ONc2c(C)csc2C)n1.O. The molecule has 0 radical (unpaired) electrons. The standard InChI is InChI=1S/C13H17N5O4S2.H2O/c1-7-6-23-9(3)11(7)17-22-24(20)18-13(19)16-12-14-8(2)5-10(15-12)21-4;/h5-6,17H,1-4H3,(H2,14,15,16,18,19);1H2. The number of aryl methyl sites for hydroxylation is 3. The number of carbonyl (C=O) groups is 1. The van der Waals surface area contributed by atoms with E-state index in [1.54, 1.807) is 13.0 Å². The van der Waals surface area contributed by atoms with Gasteiger partial charge < -0.3 is 10.2 Å². The Hall–Kier alpha value is -2.28. The van der Waals surface area contributed by atoms with Crippen molar-refractivity contribution in [3.8, 4) is 5.88 Å². The number of thiophene rings is 1. The molecule has 2 amide bonds. The van der Waals surface area contributed by atoms with Crippen molar-refractivity contribution in [2.24, 2.45) is 0 Å². The number of aromatic nitrogens is 2. The molecule has 0 saturated heterocycles. The number of carbonyl (C=O) groups excluding carboxylic acids is 1. The van der Waals surface area contributed by atoms with Gasteiger partial charge in [-0.15, -0.1) is 11.3 Å². The molecule has 0 spiro atoms. The zero-order valence-electron chi connectivity index (χ0n) is 14.0. The lowest BCUT2D eigenvalue weighted by Gasteiger charge is -2.09. The van der Waals surface area contributed by atoms with Gasteiger partial charge in [0.15, 0.2) is 0 Å². The van der Waals surface area contributed by atoms with Crippen LogP contribution in [0.5, 0.6) is 5.88 Å². The Morgan fingerprint density at radius 1 is 1.28 bits per heavy atom. The molecule has 2 aromatic heterocycles. The molecule has 12 heteroatoms. The van der Waals surface area contributed by atoms with Crippen LogP contribution >= 0.6 is 11.3 Å². The van der Waals surface area contributed by atoms with E-state index in [-0.39, 0.29) is 11.4 Å². The van der Waals surface area contributed by atoms with E-state index >= 15 is 0 Å². The van der Waals surface area contributed by atoms with Gasteiger partial charge in [0.2, 0.25) is 11.8 Å². The van der Waals surface area contributed by atoms with Crippen LogP contribution in [-0.4, -0.2) is 32.8 Å². The number of hydrogen-bond donors (Lipinski definition) is 3. The summed E-state index contributed by atoms with van der Waals surface area (Å²) in [7, 11) is 1.45. The Labute approximate surface area is 151 Å². The van der Waals surface area contributed by atoms with Crippen LogP contribution in [-0.2, 0) is 15.6 Å². The molecule has 2 aromatic rings. The average molecular weight is 389 g/mol. The second-order valence-corrected chi connectivity index (χ2v) is 6.63. The van der Waals surface area contributed by atoms with E-state index in [1.165, 1.54) is 18.4 Å². The van der Waals surface area contributed by atoms with Gasteiger partial charge in [-0.3, -0.25) is 5.32 Å². The summed E-state index contributed by atoms with van der Waals surface area (Å²) in [5, 5.41) is 4.29. The second-order valence-electron chi connectivity index (χ2n) is 4.70. The van der Waals surface area contributed by atoms with Crippen LogP contribution in [0.4, 0.5) is 16.4 Å². The average Bonchev–Trinajstić information content (AvgIpc) is 2.83. The minimum absolute atomic E-state index is 0. The van der Waals surface area contributed by atoms with Crippen LogP contribution in [0.3, 0.4) is 0 Å². The summed E-state index contributed by atoms with van der Waals surface area (Å²) in [4.78, 5) is 20.7. The summed E-state index contributed by atoms with van der Waals surface area (Å²) in [5.41, 5.74) is 4.87. The first-order valence-corrected chi connectivity index (χ1v) is 8.71. The van der Waals surface area contributed by atoms with Gasteiger partial charge in [0.05, 0.1) is 12.8 Å². The monoisotopic (exact) mass is 389 g/mol. The molecule has 2 heterocycles. The lowest BCUT2D eigenvalue weighted by molar-refractivity contribution is 0.256. The number of nitrogens with one attached hydrogen (secondary N) is 3. The predicted molar refractivity (Wildman–Crippen MR) is 95.7 cm³/mol. The van der Waals surface area contributed by atoms with E-state index in [9.17, 15) is 9.00 Å². The quantitative estimate of drug-likeness (QED) is 0.633. The molecule has 10 nitrogen and oxygen atoms in total. The molecule has 2 rings (SSSR count). The van der Waals surface area contributed by atoms with Crippen molar-refractivity contribution in [2.45, 2.75) is 20.8 Å². The van der Waals surface area contributed by atoms with Gasteiger partial charge in [0.1, 0.15) is 0 Å². The number of rotatable bonds is 6. The van der Waals surface area contributed by atoms with E-state index in [2.05, 4.69) is 25.5 Å². The van der Waals surface area contributed by atoms with Gasteiger partial charge in [0.25, 0.3) is 11.3 Å². The van der Waals surface area contributed by atoms with Crippen LogP contribution in [0.1, 0.15) is 16.1 Å². The summed E-state index contributed by atoms with van der Waals surface area (Å²) in [6, 6.07) is 0.835. The van der Waals surface area contributed by atoms with Crippen LogP contribution in [0.2, 0.25) is 0 Å². The van der Waals surface area contributed by atoms with Crippen LogP contribution < -0.4 is 20.3 Å². The number of amides is 2. The number of hydrogen-bond acceptors (Lipinski definition) is 8. The molecule has 0 aliphatic carbocycles. The molecule has 138 valence electrons. The van der Waals surface area contributed by atoms with Gasteiger partial charge in [-0.2, -0.15) is 9.27 Å². The van der Waals surface area contributed by atoms with E-state index in [0.717, 1.165) is 16.1 Å². The zero-order valence-corrected chi connectivity index (χ0v) is 15.6. The summed E-state index contributed by atoms with van der Waals surface area (Å²) in [6.45, 7) is 5.51. The fourth-order valence-corrected chi connectivity index (χ4v) is 2.92. The van der Waals surface area contributed by atoms with Gasteiger partial charge in [-0.05, 0) is 31.7 Å². The highest BCUT2D eigenvalue weighted by molar-refractivity contribution is 7.78. The predicted octanol–water partition coefficient (Wildman–Crippen LogP) is 1.39. The zero-order chi connectivity index (χ0) is 17.7. The smallest absolute Gasteiger partial charge is 0.335 e. The summed E-state index contributed by atoms with van der Waals surface area (Å²) >= 11 is -0.559. The lowest BCUT2D eigenvalue weighted by atomic mass is 10.3. The highest BCUT2D eigenvalue weighted by Crippen LogP contribution is 2.26. The topological polar surface area (TPSA) is 146 Å². The molecule has 0 saturated carbocycles. The Bertz CT molecular complexity index is 748. The van der Waals surface area contributed by atoms with Crippen molar-refractivity contribution in [2.75, 3.05) is 17.9 Å². The number of anilines is 2. The van der Waals surface area contributed by atoms with Crippen molar-refractivity contribution < 1.29 is 23.5 Å². The molecule has 0 aromatic carbocycles. The Balaban J connectivity index is 0.00000312. The highest BCUT2D eigenvalue weighted by atomic mass is 32.2. The van der Waals surface area contributed by atoms with Crippen molar-refractivity contribution >= 4 is 40.3 Å². The Kier molecular flexibility index (Phi) is 7.70. The third-order valence-corrected chi connectivity index (χ3v) is 4.44. The highest BCUT2D eigenvalue weighted by Gasteiger charge is 2.12. The Morgan fingerprint density at radius 2 is 2.00 bits per heavy atom. The summed E-state index contributed by atoms with van der Waals surface area (Å²) in [6.07, 6.45) is 0. The summed E-state index contributed by atoms with van der Waals surface area (Å²) < 4.78 is 23.8. The van der Waals surface area contributed by atoms with Crippen molar-refractivity contribution in [1.29, 1.82) is 0 Å². The van der Waals surface area contributed by atoms with Gasteiger partial charge in [-0.1, -0.05) is 0 Å². The van der Waals surface area contributed by atoms with Gasteiger partial charge in [-0.25, -0.2) is 24.2 Å². The van der Waals surface area contributed by atoms with Crippen molar-refractivity contribution in [3.63, 3.8) is 0 Å². The molecule has 1 unspecified atom stereocenters. The second kappa shape index (κ2) is 9.27. The van der Waals surface area contributed by atoms with Gasteiger partial charge in [0, 0.05) is 16.6 Å². The third-order valence-electron chi connectivity index (χ3n) is 2.82. The molecule has 1 atom stereocenters. The largest absolute Gasteiger partial charge is 0.481 e. The fourth-order valence-electron chi connectivity index (χ4n) is 1.73. The molecule has 0 aliphatic rings. The molecule has 0 bridgehead atoms. The maximum absolute atomic E-state index is 11.8. The number of nitrogens with zero attached hydrogens (tertiary/aromatic N) is 2. The third kappa shape index (κ3) is 5.94. The van der Waals surface area contributed by atoms with E-state index in [4.69, 9.17) is 9.02 Å². The maximum Gasteiger partial charge on any atom is 0.335 e. The first kappa shape index (κ1) is 20.8. The minimum Gasteiger partial charge on any atom is -0.481 e. The van der Waals surface area contributed by atoms with Crippen LogP contribution in [0.25, 0.3) is 0 Å². The van der Waals surface area contributed by atoms with Crippen molar-refractivity contribution in [1.82, 2.24) is 14.7 Å². The van der Waals surface area contributed by atoms with E-state index < -0.39 is 17.3 Å². The minimum atomic E-state index is -2.09. The normalized spacial score (nSPS) is 11.2. The van der Waals surface area contributed by atoms with Crippen molar-refractivity contribution in [3.05, 3.63) is 27.6 Å².